The Labute approximate surface area is 121 Å². The van der Waals surface area contributed by atoms with Gasteiger partial charge in [-0.15, -0.1) is 0 Å². The Morgan fingerprint density at radius 3 is 2.90 bits per heavy atom. The Kier molecular flexibility index (Phi) is 2.44. The normalized spacial score (nSPS) is 15.5. The summed E-state index contributed by atoms with van der Waals surface area (Å²) in [6.07, 6.45) is 3.60. The molecule has 3 aromatic rings. The number of rotatable bonds is 1. The van der Waals surface area contributed by atoms with Crippen molar-refractivity contribution in [2.24, 2.45) is 7.05 Å². The number of pyridine rings is 1. The number of aromatic nitrogens is 2. The number of nitrogens with zero attached hydrogens (tertiary/aromatic N) is 2. The summed E-state index contributed by atoms with van der Waals surface area (Å²) >= 11 is 0. The molecule has 0 saturated heterocycles. The molecule has 0 spiro atoms. The predicted molar refractivity (Wildman–Crippen MR) is 83.7 cm³/mol. The fourth-order valence-corrected chi connectivity index (χ4v) is 2.75. The average Bonchev–Trinajstić information content (AvgIpc) is 2.99. The van der Waals surface area contributed by atoms with Crippen LogP contribution in [0.4, 0.5) is 5.69 Å². The number of nitrogens with one attached hydrogen (secondary N) is 1. The number of fused-ring (bicyclic) bond motifs is 2. The van der Waals surface area contributed by atoms with E-state index in [-0.39, 0.29) is 5.91 Å². The molecule has 0 saturated carbocycles. The number of amides is 1. The van der Waals surface area contributed by atoms with Crippen LogP contribution in [0, 0.1) is 0 Å². The van der Waals surface area contributed by atoms with Crippen molar-refractivity contribution in [2.45, 2.75) is 0 Å². The number of carbonyl (C=O) groups excluding carboxylic acids is 1. The first-order valence-corrected chi connectivity index (χ1v) is 6.77. The third-order valence-electron chi connectivity index (χ3n) is 3.84. The lowest BCUT2D eigenvalue weighted by Crippen LogP contribution is -2.04. The highest BCUT2D eigenvalue weighted by Gasteiger charge is 2.25. The molecule has 4 heteroatoms. The zero-order valence-electron chi connectivity index (χ0n) is 11.5. The van der Waals surface area contributed by atoms with Crippen LogP contribution in [0.1, 0.15) is 11.4 Å². The summed E-state index contributed by atoms with van der Waals surface area (Å²) in [7, 11) is 2.00. The predicted octanol–water partition coefficient (Wildman–Crippen LogP) is 3.07. The van der Waals surface area contributed by atoms with Gasteiger partial charge in [0.25, 0.3) is 5.91 Å². The van der Waals surface area contributed by atoms with E-state index in [0.29, 0.717) is 11.3 Å². The van der Waals surface area contributed by atoms with E-state index in [1.807, 2.05) is 37.4 Å². The summed E-state index contributed by atoms with van der Waals surface area (Å²) in [5, 5.41) is 4.00. The second-order valence-electron chi connectivity index (χ2n) is 5.10. The number of para-hydroxylation sites is 1. The van der Waals surface area contributed by atoms with Crippen molar-refractivity contribution < 1.29 is 4.79 Å². The van der Waals surface area contributed by atoms with Crippen LogP contribution >= 0.6 is 0 Å². The van der Waals surface area contributed by atoms with Gasteiger partial charge in [-0.2, -0.15) is 0 Å². The number of hydrogen-bond acceptors (Lipinski definition) is 2. The van der Waals surface area contributed by atoms with Crippen molar-refractivity contribution in [2.75, 3.05) is 5.32 Å². The molecule has 0 bridgehead atoms. The molecule has 0 fully saturated rings. The lowest BCUT2D eigenvalue weighted by atomic mass is 10.1. The topological polar surface area (TPSA) is 46.9 Å². The molecule has 4 nitrogen and oxygen atoms in total. The van der Waals surface area contributed by atoms with Gasteiger partial charge in [0.1, 0.15) is 0 Å². The molecule has 102 valence electrons. The maximum atomic E-state index is 12.1. The molecule has 0 radical (unpaired) electrons. The summed E-state index contributed by atoms with van der Waals surface area (Å²) in [6, 6.07) is 13.9. The van der Waals surface area contributed by atoms with E-state index in [4.69, 9.17) is 0 Å². The van der Waals surface area contributed by atoms with Gasteiger partial charge < -0.3 is 9.88 Å². The van der Waals surface area contributed by atoms with E-state index < -0.39 is 0 Å². The first kappa shape index (κ1) is 11.9. The summed E-state index contributed by atoms with van der Waals surface area (Å²) < 4.78 is 2.08. The summed E-state index contributed by atoms with van der Waals surface area (Å²) in [6.45, 7) is 0. The van der Waals surface area contributed by atoms with Crippen LogP contribution < -0.4 is 5.32 Å². The Hall–Kier alpha value is -2.88. The van der Waals surface area contributed by atoms with Crippen molar-refractivity contribution in [3.63, 3.8) is 0 Å². The maximum absolute atomic E-state index is 12.1. The highest BCUT2D eigenvalue weighted by molar-refractivity contribution is 6.34. The Balaban J connectivity index is 1.91. The van der Waals surface area contributed by atoms with Gasteiger partial charge in [0.2, 0.25) is 0 Å². The first-order valence-electron chi connectivity index (χ1n) is 6.77. The highest BCUT2D eigenvalue weighted by atomic mass is 16.2. The Morgan fingerprint density at radius 2 is 2.05 bits per heavy atom. The minimum absolute atomic E-state index is 0.103. The van der Waals surface area contributed by atoms with Gasteiger partial charge in [0.15, 0.2) is 0 Å². The lowest BCUT2D eigenvalue weighted by molar-refractivity contribution is -0.110. The van der Waals surface area contributed by atoms with Crippen molar-refractivity contribution >= 4 is 34.1 Å². The zero-order chi connectivity index (χ0) is 14.4. The van der Waals surface area contributed by atoms with Crippen molar-refractivity contribution in [3.05, 3.63) is 60.0 Å². The Bertz CT molecular complexity index is 905. The van der Waals surface area contributed by atoms with Crippen LogP contribution in [0.3, 0.4) is 0 Å². The molecule has 2 aromatic heterocycles. The number of anilines is 1. The smallest absolute Gasteiger partial charge is 0.258 e. The van der Waals surface area contributed by atoms with Gasteiger partial charge in [0, 0.05) is 29.8 Å². The number of benzene rings is 1. The van der Waals surface area contributed by atoms with Gasteiger partial charge in [-0.05, 0) is 30.3 Å². The SMILES string of the molecule is Cn1c(/C=C2/C(=O)Nc3cccnc32)cc2ccccc21. The Morgan fingerprint density at radius 1 is 1.19 bits per heavy atom. The molecule has 1 aliphatic rings. The van der Waals surface area contributed by atoms with Crippen molar-refractivity contribution in [1.29, 1.82) is 0 Å². The molecular weight excluding hydrogens is 262 g/mol. The van der Waals surface area contributed by atoms with Crippen molar-refractivity contribution in [3.8, 4) is 0 Å². The zero-order valence-corrected chi connectivity index (χ0v) is 11.5. The molecule has 0 atom stereocenters. The quantitative estimate of drug-likeness (QED) is 0.694. The highest BCUT2D eigenvalue weighted by Crippen LogP contribution is 2.31. The molecule has 1 amide bonds. The van der Waals surface area contributed by atoms with E-state index >= 15 is 0 Å². The second-order valence-corrected chi connectivity index (χ2v) is 5.10. The fourth-order valence-electron chi connectivity index (χ4n) is 2.75. The van der Waals surface area contributed by atoms with Crippen LogP contribution in [-0.2, 0) is 11.8 Å². The number of hydrogen-bond donors (Lipinski definition) is 1. The van der Waals surface area contributed by atoms with Crippen LogP contribution in [0.2, 0.25) is 0 Å². The summed E-state index contributed by atoms with van der Waals surface area (Å²) in [4.78, 5) is 16.4. The standard InChI is InChI=1S/C17H13N3O/c1-20-12(9-11-5-2-3-7-15(11)20)10-13-16-14(19-17(13)21)6-4-8-18-16/h2-10H,1H3,(H,19,21)/b13-10+. The van der Waals surface area contributed by atoms with E-state index in [1.165, 1.54) is 0 Å². The van der Waals surface area contributed by atoms with Crippen molar-refractivity contribution in [1.82, 2.24) is 9.55 Å². The molecule has 1 aromatic carbocycles. The van der Waals surface area contributed by atoms with Gasteiger partial charge in [-0.25, -0.2) is 0 Å². The van der Waals surface area contributed by atoms with Crippen LogP contribution in [-0.4, -0.2) is 15.5 Å². The monoisotopic (exact) mass is 275 g/mol. The van der Waals surface area contributed by atoms with E-state index in [2.05, 4.69) is 33.1 Å². The van der Waals surface area contributed by atoms with Gasteiger partial charge >= 0.3 is 0 Å². The van der Waals surface area contributed by atoms with E-state index in [1.54, 1.807) is 6.20 Å². The average molecular weight is 275 g/mol. The lowest BCUT2D eigenvalue weighted by Gasteiger charge is -2.00. The van der Waals surface area contributed by atoms with E-state index in [0.717, 1.165) is 22.3 Å². The minimum Gasteiger partial charge on any atom is -0.344 e. The van der Waals surface area contributed by atoms with Crippen LogP contribution in [0.15, 0.2) is 48.7 Å². The third kappa shape index (κ3) is 1.76. The molecular formula is C17H13N3O. The number of aryl methyl sites for hydroxylation is 1. The third-order valence-corrected chi connectivity index (χ3v) is 3.84. The fraction of sp³-hybridized carbons (Fsp3) is 0.0588. The second kappa shape index (κ2) is 4.31. The minimum atomic E-state index is -0.103. The van der Waals surface area contributed by atoms with Gasteiger partial charge in [0.05, 0.1) is 17.0 Å². The molecule has 3 heterocycles. The molecule has 1 N–H and O–H groups in total. The van der Waals surface area contributed by atoms with Gasteiger partial charge in [-0.1, -0.05) is 18.2 Å². The molecule has 0 unspecified atom stereocenters. The van der Waals surface area contributed by atoms with Crippen LogP contribution in [0.5, 0.6) is 0 Å². The molecule has 4 rings (SSSR count). The summed E-state index contributed by atoms with van der Waals surface area (Å²) in [5.41, 5.74) is 4.22. The summed E-state index contributed by atoms with van der Waals surface area (Å²) in [5.74, 6) is -0.103. The van der Waals surface area contributed by atoms with Crippen LogP contribution in [0.25, 0.3) is 22.6 Å². The number of carbonyl (C=O) groups is 1. The maximum Gasteiger partial charge on any atom is 0.258 e. The molecule has 21 heavy (non-hydrogen) atoms. The molecule has 0 aliphatic carbocycles. The van der Waals surface area contributed by atoms with Gasteiger partial charge in [-0.3, -0.25) is 9.78 Å². The molecule has 1 aliphatic heterocycles. The largest absolute Gasteiger partial charge is 0.344 e. The van der Waals surface area contributed by atoms with E-state index in [9.17, 15) is 4.79 Å². The first-order chi connectivity index (χ1) is 10.2.